The molecule has 0 fully saturated rings. The molecule has 6 heteroatoms. The van der Waals surface area contributed by atoms with Gasteiger partial charge in [0, 0.05) is 31.7 Å². The summed E-state index contributed by atoms with van der Waals surface area (Å²) >= 11 is 5.02. The highest BCUT2D eigenvalue weighted by atomic mass is 32.1. The van der Waals surface area contributed by atoms with Crippen LogP contribution in [0.25, 0.3) is 0 Å². The van der Waals surface area contributed by atoms with Gasteiger partial charge in [-0.2, -0.15) is 0 Å². The van der Waals surface area contributed by atoms with E-state index in [-0.39, 0.29) is 5.56 Å². The number of aromatic amines is 2. The molecule has 22 heavy (non-hydrogen) atoms. The Kier molecular flexibility index (Phi) is 4.13. The smallest absolute Gasteiger partial charge is 0.256 e. The van der Waals surface area contributed by atoms with E-state index >= 15 is 0 Å². The summed E-state index contributed by atoms with van der Waals surface area (Å²) in [6.07, 6.45) is 0.817. The molecule has 0 bridgehead atoms. The van der Waals surface area contributed by atoms with E-state index in [0.717, 1.165) is 42.1 Å². The Morgan fingerprint density at radius 1 is 1.36 bits per heavy atom. The summed E-state index contributed by atoms with van der Waals surface area (Å²) in [6, 6.07) is 6.20. The summed E-state index contributed by atoms with van der Waals surface area (Å²) in [4.78, 5) is 20.1. The van der Waals surface area contributed by atoms with Gasteiger partial charge in [-0.25, -0.2) is 0 Å². The van der Waals surface area contributed by atoms with E-state index < -0.39 is 0 Å². The summed E-state index contributed by atoms with van der Waals surface area (Å²) in [5.74, 6) is 0.900. The van der Waals surface area contributed by atoms with Crippen molar-refractivity contribution >= 4 is 12.2 Å². The van der Waals surface area contributed by atoms with Gasteiger partial charge in [-0.1, -0.05) is 12.1 Å². The normalized spacial score (nSPS) is 14.6. The molecule has 1 aliphatic rings. The second-order valence-corrected chi connectivity index (χ2v) is 6.04. The Balaban J connectivity index is 1.79. The minimum absolute atomic E-state index is 0.0747. The lowest BCUT2D eigenvalue weighted by molar-refractivity contribution is 0.241. The number of H-pyrrole nitrogens is 2. The topological polar surface area (TPSA) is 61.1 Å². The summed E-state index contributed by atoms with van der Waals surface area (Å²) in [6.45, 7) is 4.41. The highest BCUT2D eigenvalue weighted by Gasteiger charge is 2.19. The number of hydrogen-bond acceptors (Lipinski definition) is 4. The molecule has 0 radical (unpaired) electrons. The van der Waals surface area contributed by atoms with Crippen molar-refractivity contribution in [2.75, 3.05) is 13.7 Å². The lowest BCUT2D eigenvalue weighted by Crippen LogP contribution is -2.35. The lowest BCUT2D eigenvalue weighted by atomic mass is 10.1. The maximum atomic E-state index is 12.0. The highest BCUT2D eigenvalue weighted by molar-refractivity contribution is 7.71. The molecule has 0 atom stereocenters. The highest BCUT2D eigenvalue weighted by Crippen LogP contribution is 2.21. The van der Waals surface area contributed by atoms with E-state index in [2.05, 4.69) is 27.0 Å². The van der Waals surface area contributed by atoms with E-state index in [1.807, 2.05) is 13.0 Å². The van der Waals surface area contributed by atoms with Gasteiger partial charge in [0.1, 0.15) is 5.75 Å². The molecular formula is C16H19N3O2S. The zero-order chi connectivity index (χ0) is 15.7. The number of ether oxygens (including phenoxy) is 1. The van der Waals surface area contributed by atoms with E-state index in [9.17, 15) is 4.79 Å². The van der Waals surface area contributed by atoms with Gasteiger partial charge in [0.2, 0.25) is 0 Å². The van der Waals surface area contributed by atoms with Gasteiger partial charge in [-0.05, 0) is 36.3 Å². The second-order valence-electron chi connectivity index (χ2n) is 5.63. The average Bonchev–Trinajstić information content (AvgIpc) is 2.48. The monoisotopic (exact) mass is 317 g/mol. The number of aromatic nitrogens is 2. The molecule has 0 spiro atoms. The van der Waals surface area contributed by atoms with Gasteiger partial charge >= 0.3 is 0 Å². The third kappa shape index (κ3) is 2.98. The SMILES string of the molecule is COc1ccc(CN2CCc3[nH]c(=S)[nH]c(=O)c3C2)cc1C. The predicted molar refractivity (Wildman–Crippen MR) is 87.8 cm³/mol. The fourth-order valence-corrected chi connectivity index (χ4v) is 3.16. The number of nitrogens with zero attached hydrogens (tertiary/aromatic N) is 1. The van der Waals surface area contributed by atoms with Crippen molar-refractivity contribution < 1.29 is 4.74 Å². The van der Waals surface area contributed by atoms with Crippen LogP contribution in [0.4, 0.5) is 0 Å². The average molecular weight is 317 g/mol. The summed E-state index contributed by atoms with van der Waals surface area (Å²) in [5.41, 5.74) is 4.04. The third-order valence-electron chi connectivity index (χ3n) is 4.06. The van der Waals surface area contributed by atoms with Crippen LogP contribution in [0.1, 0.15) is 22.4 Å². The molecule has 1 aliphatic heterocycles. The number of rotatable bonds is 3. The van der Waals surface area contributed by atoms with Crippen molar-refractivity contribution in [2.45, 2.75) is 26.4 Å². The number of hydrogen-bond donors (Lipinski definition) is 2. The van der Waals surface area contributed by atoms with Crippen LogP contribution in [0.5, 0.6) is 5.75 Å². The van der Waals surface area contributed by atoms with Crippen LogP contribution in [0.15, 0.2) is 23.0 Å². The van der Waals surface area contributed by atoms with Crippen LogP contribution in [-0.4, -0.2) is 28.5 Å². The first-order valence-corrected chi connectivity index (χ1v) is 7.68. The van der Waals surface area contributed by atoms with Crippen molar-refractivity contribution in [2.24, 2.45) is 0 Å². The van der Waals surface area contributed by atoms with Crippen LogP contribution in [0.3, 0.4) is 0 Å². The fraction of sp³-hybridized carbons (Fsp3) is 0.375. The molecule has 5 nitrogen and oxygen atoms in total. The van der Waals surface area contributed by atoms with Crippen LogP contribution in [0, 0.1) is 11.7 Å². The molecular weight excluding hydrogens is 298 g/mol. The van der Waals surface area contributed by atoms with Crippen LogP contribution < -0.4 is 10.3 Å². The standard InChI is InChI=1S/C16H19N3O2S/c1-10-7-11(3-4-14(10)21-2)8-19-6-5-13-12(9-19)15(20)18-16(22)17-13/h3-4,7H,5-6,8-9H2,1-2H3,(H2,17,18,20,22). The van der Waals surface area contributed by atoms with Gasteiger partial charge in [0.05, 0.1) is 12.7 Å². The number of aryl methyl sites for hydroxylation is 1. The maximum absolute atomic E-state index is 12.0. The Labute approximate surface area is 134 Å². The predicted octanol–water partition coefficient (Wildman–Crippen LogP) is 2.31. The van der Waals surface area contributed by atoms with E-state index in [1.54, 1.807) is 7.11 Å². The van der Waals surface area contributed by atoms with Gasteiger partial charge in [0.25, 0.3) is 5.56 Å². The third-order valence-corrected chi connectivity index (χ3v) is 4.26. The van der Waals surface area contributed by atoms with Crippen molar-refractivity contribution in [3.63, 3.8) is 0 Å². The van der Waals surface area contributed by atoms with Gasteiger partial charge in [-0.15, -0.1) is 0 Å². The Morgan fingerprint density at radius 3 is 2.91 bits per heavy atom. The molecule has 0 aliphatic carbocycles. The van der Waals surface area contributed by atoms with Gasteiger partial charge in [0.15, 0.2) is 4.77 Å². The van der Waals surface area contributed by atoms with Crippen molar-refractivity contribution in [3.05, 3.63) is 55.7 Å². The zero-order valence-electron chi connectivity index (χ0n) is 12.7. The first-order chi connectivity index (χ1) is 10.6. The first kappa shape index (κ1) is 15.0. The van der Waals surface area contributed by atoms with E-state index in [4.69, 9.17) is 17.0 Å². The molecule has 2 N–H and O–H groups in total. The molecule has 0 unspecified atom stereocenters. The van der Waals surface area contributed by atoms with Gasteiger partial charge in [-0.3, -0.25) is 14.7 Å². The number of methoxy groups -OCH3 is 1. The molecule has 2 aromatic rings. The Bertz CT molecular complexity index is 810. The quantitative estimate of drug-likeness (QED) is 0.853. The van der Waals surface area contributed by atoms with Crippen LogP contribution >= 0.6 is 12.2 Å². The summed E-state index contributed by atoms with van der Waals surface area (Å²) < 4.78 is 5.70. The number of nitrogens with one attached hydrogen (secondary N) is 2. The first-order valence-electron chi connectivity index (χ1n) is 7.27. The van der Waals surface area contributed by atoms with Gasteiger partial charge < -0.3 is 9.72 Å². The van der Waals surface area contributed by atoms with Crippen molar-refractivity contribution in [1.82, 2.24) is 14.9 Å². The van der Waals surface area contributed by atoms with Crippen molar-refractivity contribution in [1.29, 1.82) is 0 Å². The second kappa shape index (κ2) is 6.06. The summed E-state index contributed by atoms with van der Waals surface area (Å²) in [5, 5.41) is 0. The minimum atomic E-state index is -0.0747. The van der Waals surface area contributed by atoms with Crippen molar-refractivity contribution in [3.8, 4) is 5.75 Å². The lowest BCUT2D eigenvalue weighted by Gasteiger charge is -2.28. The Hall–Kier alpha value is -1.92. The molecule has 1 aromatic heterocycles. The molecule has 0 saturated heterocycles. The minimum Gasteiger partial charge on any atom is -0.496 e. The maximum Gasteiger partial charge on any atom is 0.256 e. The largest absolute Gasteiger partial charge is 0.496 e. The van der Waals surface area contributed by atoms with E-state index in [1.165, 1.54) is 5.56 Å². The number of fused-ring (bicyclic) bond motifs is 1. The Morgan fingerprint density at radius 2 is 2.18 bits per heavy atom. The zero-order valence-corrected chi connectivity index (χ0v) is 13.5. The molecule has 1 aromatic carbocycles. The fourth-order valence-electron chi connectivity index (χ4n) is 2.94. The molecule has 2 heterocycles. The van der Waals surface area contributed by atoms with E-state index in [0.29, 0.717) is 11.3 Å². The molecule has 116 valence electrons. The molecule has 0 saturated carbocycles. The van der Waals surface area contributed by atoms with Crippen LogP contribution in [-0.2, 0) is 19.5 Å². The molecule has 0 amide bonds. The van der Waals surface area contributed by atoms with Crippen LogP contribution in [0.2, 0.25) is 0 Å². The molecule has 3 rings (SSSR count). The number of benzene rings is 1. The summed E-state index contributed by atoms with van der Waals surface area (Å²) in [7, 11) is 1.68.